The van der Waals surface area contributed by atoms with Crippen LogP contribution in [0.4, 0.5) is 0 Å². The van der Waals surface area contributed by atoms with Crippen LogP contribution in [0.1, 0.15) is 11.5 Å². The minimum atomic E-state index is 0.799. The zero-order valence-electron chi connectivity index (χ0n) is 8.64. The molecule has 0 unspecified atom stereocenters. The monoisotopic (exact) mass is 217 g/mol. The molecule has 0 aromatic carbocycles. The minimum absolute atomic E-state index is 0.799. The first-order valence-electron chi connectivity index (χ1n) is 4.65. The molecule has 0 aliphatic rings. The maximum atomic E-state index is 4.34. The van der Waals surface area contributed by atoms with E-state index in [1.165, 1.54) is 0 Å². The standard InChI is InChI=1S/C11H11N3S/c1-8-7-11(14-9(2)13-8)15-10-5-3-4-6-12-10/h3-7H,1-2H3. The summed E-state index contributed by atoms with van der Waals surface area (Å²) in [6.45, 7) is 3.87. The summed E-state index contributed by atoms with van der Waals surface area (Å²) >= 11 is 1.55. The lowest BCUT2D eigenvalue weighted by atomic mass is 10.4. The van der Waals surface area contributed by atoms with Gasteiger partial charge in [0.25, 0.3) is 0 Å². The van der Waals surface area contributed by atoms with Crippen LogP contribution in [0, 0.1) is 13.8 Å². The molecule has 2 aromatic heterocycles. The van der Waals surface area contributed by atoms with Gasteiger partial charge in [-0.15, -0.1) is 0 Å². The minimum Gasteiger partial charge on any atom is -0.250 e. The molecule has 76 valence electrons. The molecule has 0 aliphatic carbocycles. The molecular formula is C11H11N3S. The molecule has 3 nitrogen and oxygen atoms in total. The van der Waals surface area contributed by atoms with Crippen molar-refractivity contribution in [2.75, 3.05) is 0 Å². The van der Waals surface area contributed by atoms with E-state index in [-0.39, 0.29) is 0 Å². The lowest BCUT2D eigenvalue weighted by molar-refractivity contribution is 0.934. The molecule has 2 aromatic rings. The first kappa shape index (κ1) is 10.1. The van der Waals surface area contributed by atoms with E-state index in [1.807, 2.05) is 38.1 Å². The first-order chi connectivity index (χ1) is 7.24. The fourth-order valence-electron chi connectivity index (χ4n) is 1.25. The van der Waals surface area contributed by atoms with Crippen molar-refractivity contribution in [1.82, 2.24) is 15.0 Å². The zero-order valence-corrected chi connectivity index (χ0v) is 9.45. The van der Waals surface area contributed by atoms with Gasteiger partial charge in [0.05, 0.1) is 0 Å². The second-order valence-corrected chi connectivity index (χ2v) is 4.21. The molecule has 4 heteroatoms. The molecule has 15 heavy (non-hydrogen) atoms. The first-order valence-corrected chi connectivity index (χ1v) is 5.47. The van der Waals surface area contributed by atoms with Crippen LogP contribution in [0.5, 0.6) is 0 Å². The van der Waals surface area contributed by atoms with Crippen molar-refractivity contribution >= 4 is 11.8 Å². The van der Waals surface area contributed by atoms with E-state index in [2.05, 4.69) is 15.0 Å². The smallest absolute Gasteiger partial charge is 0.126 e. The van der Waals surface area contributed by atoms with Gasteiger partial charge in [0.15, 0.2) is 0 Å². The zero-order chi connectivity index (χ0) is 10.7. The van der Waals surface area contributed by atoms with Gasteiger partial charge in [-0.25, -0.2) is 15.0 Å². The lowest BCUT2D eigenvalue weighted by Crippen LogP contribution is -1.92. The Kier molecular flexibility index (Phi) is 2.97. The Hall–Kier alpha value is -1.42. The number of aryl methyl sites for hydroxylation is 2. The highest BCUT2D eigenvalue weighted by Gasteiger charge is 2.01. The molecule has 0 radical (unpaired) electrons. The van der Waals surface area contributed by atoms with Crippen LogP contribution in [-0.4, -0.2) is 15.0 Å². The van der Waals surface area contributed by atoms with Crippen LogP contribution < -0.4 is 0 Å². The quantitative estimate of drug-likeness (QED) is 0.725. The van der Waals surface area contributed by atoms with Gasteiger partial charge in [0, 0.05) is 11.9 Å². The summed E-state index contributed by atoms with van der Waals surface area (Å²) in [6, 6.07) is 7.81. The topological polar surface area (TPSA) is 38.7 Å². The van der Waals surface area contributed by atoms with Crippen molar-refractivity contribution in [2.24, 2.45) is 0 Å². The molecule has 0 aliphatic heterocycles. The van der Waals surface area contributed by atoms with Crippen molar-refractivity contribution in [3.8, 4) is 0 Å². The van der Waals surface area contributed by atoms with Crippen molar-refractivity contribution in [3.63, 3.8) is 0 Å². The number of hydrogen-bond donors (Lipinski definition) is 0. The number of rotatable bonds is 2. The average molecular weight is 217 g/mol. The van der Waals surface area contributed by atoms with E-state index >= 15 is 0 Å². The normalized spacial score (nSPS) is 10.3. The van der Waals surface area contributed by atoms with E-state index < -0.39 is 0 Å². The molecule has 2 rings (SSSR count). The Bertz CT molecular complexity index is 436. The van der Waals surface area contributed by atoms with Gasteiger partial charge in [-0.3, -0.25) is 0 Å². The molecule has 0 atom stereocenters. The van der Waals surface area contributed by atoms with Crippen molar-refractivity contribution in [1.29, 1.82) is 0 Å². The van der Waals surface area contributed by atoms with Crippen molar-refractivity contribution in [3.05, 3.63) is 42.0 Å². The molecule has 0 fully saturated rings. The molecule has 2 heterocycles. The van der Waals surface area contributed by atoms with Crippen LogP contribution >= 0.6 is 11.8 Å². The molecule has 0 saturated heterocycles. The van der Waals surface area contributed by atoms with Gasteiger partial charge >= 0.3 is 0 Å². The second-order valence-electron chi connectivity index (χ2n) is 3.16. The van der Waals surface area contributed by atoms with Gasteiger partial charge in [0.2, 0.25) is 0 Å². The Morgan fingerprint density at radius 3 is 2.60 bits per heavy atom. The summed E-state index contributed by atoms with van der Waals surface area (Å²) in [5.41, 5.74) is 0.987. The Balaban J connectivity index is 2.25. The van der Waals surface area contributed by atoms with Gasteiger partial charge in [-0.05, 0) is 43.8 Å². The van der Waals surface area contributed by atoms with Crippen molar-refractivity contribution in [2.45, 2.75) is 23.9 Å². The number of aromatic nitrogens is 3. The van der Waals surface area contributed by atoms with Gasteiger partial charge in [0.1, 0.15) is 15.9 Å². The van der Waals surface area contributed by atoms with Gasteiger partial charge < -0.3 is 0 Å². The maximum Gasteiger partial charge on any atom is 0.126 e. The highest BCUT2D eigenvalue weighted by atomic mass is 32.2. The lowest BCUT2D eigenvalue weighted by Gasteiger charge is -2.01. The predicted molar refractivity (Wildman–Crippen MR) is 59.9 cm³/mol. The van der Waals surface area contributed by atoms with Crippen LogP contribution in [0.15, 0.2) is 40.5 Å². The Morgan fingerprint density at radius 1 is 1.07 bits per heavy atom. The van der Waals surface area contributed by atoms with Crippen LogP contribution in [0.2, 0.25) is 0 Å². The fraction of sp³-hybridized carbons (Fsp3) is 0.182. The number of hydrogen-bond acceptors (Lipinski definition) is 4. The van der Waals surface area contributed by atoms with Gasteiger partial charge in [-0.1, -0.05) is 6.07 Å². The van der Waals surface area contributed by atoms with Gasteiger partial charge in [-0.2, -0.15) is 0 Å². The van der Waals surface area contributed by atoms with E-state index in [0.29, 0.717) is 0 Å². The Labute approximate surface area is 93.0 Å². The van der Waals surface area contributed by atoms with Crippen LogP contribution in [0.3, 0.4) is 0 Å². The van der Waals surface area contributed by atoms with Crippen LogP contribution in [-0.2, 0) is 0 Å². The molecule has 0 N–H and O–H groups in total. The van der Waals surface area contributed by atoms with E-state index in [9.17, 15) is 0 Å². The van der Waals surface area contributed by atoms with E-state index in [1.54, 1.807) is 18.0 Å². The summed E-state index contributed by atoms with van der Waals surface area (Å²) in [6.07, 6.45) is 1.78. The third-order valence-electron chi connectivity index (χ3n) is 1.79. The summed E-state index contributed by atoms with van der Waals surface area (Å²) in [4.78, 5) is 12.8. The maximum absolute atomic E-state index is 4.34. The summed E-state index contributed by atoms with van der Waals surface area (Å²) < 4.78 is 0. The summed E-state index contributed by atoms with van der Waals surface area (Å²) in [7, 11) is 0. The second kappa shape index (κ2) is 4.40. The van der Waals surface area contributed by atoms with E-state index in [4.69, 9.17) is 0 Å². The average Bonchev–Trinajstić information content (AvgIpc) is 2.17. The molecule has 0 bridgehead atoms. The fourth-order valence-corrected chi connectivity index (χ4v) is 2.13. The highest BCUT2D eigenvalue weighted by Crippen LogP contribution is 2.23. The molecule has 0 saturated carbocycles. The number of pyridine rings is 1. The largest absolute Gasteiger partial charge is 0.250 e. The Morgan fingerprint density at radius 2 is 1.93 bits per heavy atom. The molecule has 0 spiro atoms. The SMILES string of the molecule is Cc1cc(Sc2ccccn2)nc(C)n1. The predicted octanol–water partition coefficient (Wildman–Crippen LogP) is 2.64. The van der Waals surface area contributed by atoms with Crippen molar-refractivity contribution < 1.29 is 0 Å². The summed E-state index contributed by atoms with van der Waals surface area (Å²) in [5, 5.41) is 1.90. The highest BCUT2D eigenvalue weighted by molar-refractivity contribution is 7.99. The number of nitrogens with zero attached hydrogens (tertiary/aromatic N) is 3. The van der Waals surface area contributed by atoms with Crippen LogP contribution in [0.25, 0.3) is 0 Å². The van der Waals surface area contributed by atoms with E-state index in [0.717, 1.165) is 21.6 Å². The summed E-state index contributed by atoms with van der Waals surface area (Å²) in [5.74, 6) is 0.799. The third kappa shape index (κ3) is 2.76. The third-order valence-corrected chi connectivity index (χ3v) is 2.66. The molecule has 0 amide bonds. The molecular weight excluding hydrogens is 206 g/mol.